The summed E-state index contributed by atoms with van der Waals surface area (Å²) in [6.07, 6.45) is 1.24. The van der Waals surface area contributed by atoms with E-state index in [4.69, 9.17) is 5.11 Å². The van der Waals surface area contributed by atoms with Crippen LogP contribution in [0.15, 0.2) is 28.7 Å². The second-order valence-electron chi connectivity index (χ2n) is 4.48. The number of hydrogen-bond donors (Lipinski definition) is 2. The maximum Gasteiger partial charge on any atom is 0.304 e. The van der Waals surface area contributed by atoms with Gasteiger partial charge in [0.1, 0.15) is 0 Å². The standard InChI is InChI=1S/C13H17BrN2O2/c14-11-3-1-2-4-12(11)16-8-6-10(9-16)15-7-5-13(17)18/h1-4,10,15H,5-9H2,(H,17,18). The van der Waals surface area contributed by atoms with Crippen LogP contribution < -0.4 is 10.2 Å². The number of anilines is 1. The van der Waals surface area contributed by atoms with E-state index in [1.807, 2.05) is 18.2 Å². The molecule has 1 aliphatic heterocycles. The lowest BCUT2D eigenvalue weighted by atomic mass is 10.2. The molecule has 98 valence electrons. The Labute approximate surface area is 115 Å². The van der Waals surface area contributed by atoms with Gasteiger partial charge in [0.2, 0.25) is 0 Å². The van der Waals surface area contributed by atoms with Gasteiger partial charge in [-0.2, -0.15) is 0 Å². The van der Waals surface area contributed by atoms with Crippen LogP contribution >= 0.6 is 15.9 Å². The second kappa shape index (κ2) is 6.20. The first-order valence-corrected chi connectivity index (χ1v) is 6.91. The molecule has 0 spiro atoms. The number of halogens is 1. The van der Waals surface area contributed by atoms with Gasteiger partial charge in [-0.1, -0.05) is 12.1 Å². The zero-order valence-electron chi connectivity index (χ0n) is 10.1. The Kier molecular flexibility index (Phi) is 4.60. The topological polar surface area (TPSA) is 52.6 Å². The van der Waals surface area contributed by atoms with Gasteiger partial charge >= 0.3 is 5.97 Å². The van der Waals surface area contributed by atoms with E-state index in [-0.39, 0.29) is 6.42 Å². The van der Waals surface area contributed by atoms with E-state index in [0.717, 1.165) is 24.0 Å². The number of benzene rings is 1. The molecule has 1 atom stereocenters. The van der Waals surface area contributed by atoms with E-state index in [9.17, 15) is 4.79 Å². The van der Waals surface area contributed by atoms with Gasteiger partial charge in [0.15, 0.2) is 0 Å². The van der Waals surface area contributed by atoms with E-state index >= 15 is 0 Å². The van der Waals surface area contributed by atoms with E-state index in [0.29, 0.717) is 12.6 Å². The fourth-order valence-electron chi connectivity index (χ4n) is 2.24. The average molecular weight is 313 g/mol. The van der Waals surface area contributed by atoms with Crippen LogP contribution in [0.3, 0.4) is 0 Å². The number of aliphatic carboxylic acids is 1. The normalized spacial score (nSPS) is 19.2. The molecule has 1 saturated heterocycles. The number of carbonyl (C=O) groups is 1. The highest BCUT2D eigenvalue weighted by Crippen LogP contribution is 2.28. The lowest BCUT2D eigenvalue weighted by Gasteiger charge is -2.20. The highest BCUT2D eigenvalue weighted by atomic mass is 79.9. The van der Waals surface area contributed by atoms with Gasteiger partial charge in [-0.25, -0.2) is 0 Å². The van der Waals surface area contributed by atoms with Crippen molar-refractivity contribution < 1.29 is 9.90 Å². The van der Waals surface area contributed by atoms with Crippen molar-refractivity contribution >= 4 is 27.6 Å². The van der Waals surface area contributed by atoms with Gasteiger partial charge in [0.05, 0.1) is 12.1 Å². The molecule has 1 fully saturated rings. The molecule has 1 aliphatic rings. The van der Waals surface area contributed by atoms with Crippen molar-refractivity contribution in [1.29, 1.82) is 0 Å². The number of carboxylic acids is 1. The zero-order chi connectivity index (χ0) is 13.0. The molecule has 5 heteroatoms. The Morgan fingerprint density at radius 1 is 1.50 bits per heavy atom. The van der Waals surface area contributed by atoms with E-state index in [2.05, 4.69) is 32.2 Å². The van der Waals surface area contributed by atoms with Crippen molar-refractivity contribution in [3.63, 3.8) is 0 Å². The number of hydrogen-bond acceptors (Lipinski definition) is 3. The molecule has 0 saturated carbocycles. The molecule has 1 unspecified atom stereocenters. The molecule has 0 aliphatic carbocycles. The lowest BCUT2D eigenvalue weighted by Crippen LogP contribution is -2.34. The minimum absolute atomic E-state index is 0.186. The molecule has 2 N–H and O–H groups in total. The van der Waals surface area contributed by atoms with E-state index < -0.39 is 5.97 Å². The summed E-state index contributed by atoms with van der Waals surface area (Å²) in [6, 6.07) is 8.57. The Hall–Kier alpha value is -1.07. The maximum absolute atomic E-state index is 10.4. The fraction of sp³-hybridized carbons (Fsp3) is 0.462. The first-order chi connectivity index (χ1) is 8.66. The average Bonchev–Trinajstić information content (AvgIpc) is 2.78. The minimum Gasteiger partial charge on any atom is -0.481 e. The van der Waals surface area contributed by atoms with E-state index in [1.54, 1.807) is 0 Å². The highest BCUT2D eigenvalue weighted by Gasteiger charge is 2.23. The van der Waals surface area contributed by atoms with Crippen molar-refractivity contribution in [2.75, 3.05) is 24.5 Å². The minimum atomic E-state index is -0.747. The Balaban J connectivity index is 1.85. The third kappa shape index (κ3) is 3.46. The molecule has 1 aromatic carbocycles. The molecule has 0 aromatic heterocycles. The molecular weight excluding hydrogens is 296 g/mol. The van der Waals surface area contributed by atoms with Crippen molar-refractivity contribution in [3.05, 3.63) is 28.7 Å². The van der Waals surface area contributed by atoms with Crippen molar-refractivity contribution in [3.8, 4) is 0 Å². The van der Waals surface area contributed by atoms with Gasteiger partial charge in [0.25, 0.3) is 0 Å². The summed E-state index contributed by atoms with van der Waals surface area (Å²) >= 11 is 3.56. The first kappa shape index (κ1) is 13.4. The number of rotatable bonds is 5. The number of para-hydroxylation sites is 1. The van der Waals surface area contributed by atoms with Crippen LogP contribution in [0, 0.1) is 0 Å². The first-order valence-electron chi connectivity index (χ1n) is 6.11. The van der Waals surface area contributed by atoms with Crippen LogP contribution in [0.4, 0.5) is 5.69 Å². The van der Waals surface area contributed by atoms with Crippen molar-refractivity contribution in [2.45, 2.75) is 18.9 Å². The van der Waals surface area contributed by atoms with Crippen molar-refractivity contribution in [1.82, 2.24) is 5.32 Å². The molecule has 1 aromatic rings. The fourth-order valence-corrected chi connectivity index (χ4v) is 2.77. The van der Waals surface area contributed by atoms with Crippen LogP contribution in [-0.2, 0) is 4.79 Å². The summed E-state index contributed by atoms with van der Waals surface area (Å²) in [5, 5.41) is 11.9. The third-order valence-corrected chi connectivity index (χ3v) is 3.82. The van der Waals surface area contributed by atoms with E-state index in [1.165, 1.54) is 5.69 Å². The second-order valence-corrected chi connectivity index (χ2v) is 5.34. The highest BCUT2D eigenvalue weighted by molar-refractivity contribution is 9.10. The molecule has 0 amide bonds. The molecule has 2 rings (SSSR count). The Morgan fingerprint density at radius 2 is 2.28 bits per heavy atom. The van der Waals surface area contributed by atoms with Crippen LogP contribution in [0.1, 0.15) is 12.8 Å². The maximum atomic E-state index is 10.4. The number of nitrogens with zero attached hydrogens (tertiary/aromatic N) is 1. The summed E-state index contributed by atoms with van der Waals surface area (Å²) in [5.41, 5.74) is 1.21. The summed E-state index contributed by atoms with van der Waals surface area (Å²) < 4.78 is 1.11. The van der Waals surface area contributed by atoms with Crippen LogP contribution in [0.5, 0.6) is 0 Å². The van der Waals surface area contributed by atoms with Crippen LogP contribution in [-0.4, -0.2) is 36.8 Å². The van der Waals surface area contributed by atoms with Gasteiger partial charge in [0, 0.05) is 30.1 Å². The molecular formula is C13H17BrN2O2. The van der Waals surface area contributed by atoms with Gasteiger partial charge < -0.3 is 15.3 Å². The van der Waals surface area contributed by atoms with Gasteiger partial charge in [-0.3, -0.25) is 4.79 Å². The predicted molar refractivity (Wildman–Crippen MR) is 75.0 cm³/mol. The lowest BCUT2D eigenvalue weighted by molar-refractivity contribution is -0.136. The monoisotopic (exact) mass is 312 g/mol. The van der Waals surface area contributed by atoms with Gasteiger partial charge in [-0.05, 0) is 34.5 Å². The molecule has 4 nitrogen and oxygen atoms in total. The smallest absolute Gasteiger partial charge is 0.304 e. The molecule has 0 bridgehead atoms. The van der Waals surface area contributed by atoms with Gasteiger partial charge in [-0.15, -0.1) is 0 Å². The molecule has 1 heterocycles. The summed E-state index contributed by atoms with van der Waals surface area (Å²) in [7, 11) is 0. The third-order valence-electron chi connectivity index (χ3n) is 3.15. The predicted octanol–water partition coefficient (Wildman–Crippen LogP) is 2.09. The zero-order valence-corrected chi connectivity index (χ0v) is 11.7. The Morgan fingerprint density at radius 3 is 3.00 bits per heavy atom. The molecule has 18 heavy (non-hydrogen) atoms. The largest absolute Gasteiger partial charge is 0.481 e. The Bertz CT molecular complexity index is 425. The van der Waals surface area contributed by atoms with Crippen LogP contribution in [0.25, 0.3) is 0 Å². The summed E-state index contributed by atoms with van der Waals surface area (Å²) in [5.74, 6) is -0.747. The molecule has 0 radical (unpaired) electrons. The van der Waals surface area contributed by atoms with Crippen molar-refractivity contribution in [2.24, 2.45) is 0 Å². The number of carboxylic acid groups (broad SMARTS) is 1. The summed E-state index contributed by atoms with van der Waals surface area (Å²) in [4.78, 5) is 12.8. The van der Waals surface area contributed by atoms with Crippen LogP contribution in [0.2, 0.25) is 0 Å². The quantitative estimate of drug-likeness (QED) is 0.874. The summed E-state index contributed by atoms with van der Waals surface area (Å²) in [6.45, 7) is 2.49. The number of nitrogens with one attached hydrogen (secondary N) is 1. The SMILES string of the molecule is O=C(O)CCNC1CCN(c2ccccc2Br)C1.